The van der Waals surface area contributed by atoms with E-state index < -0.39 is 16.7 Å². The molecule has 0 N–H and O–H groups in total. The Labute approximate surface area is 99.8 Å². The van der Waals surface area contributed by atoms with Crippen molar-refractivity contribution in [3.8, 4) is 0 Å². The standard InChI is InChI=1S/C12H17NO4/c14-11-2-1-5-13(11,16)17-12(15)10-7-8-3-4-9(10)6-8/h8-10H,1-7H2. The molecular weight excluding hydrogens is 222 g/mol. The van der Waals surface area contributed by atoms with Gasteiger partial charge in [-0.3, -0.25) is 4.84 Å². The van der Waals surface area contributed by atoms with E-state index in [1.807, 2.05) is 0 Å². The summed E-state index contributed by atoms with van der Waals surface area (Å²) in [5, 5.41) is 12.0. The smallest absolute Gasteiger partial charge is 0.371 e. The number of carbonyl (C=O) groups excluding carboxylic acids is 2. The molecule has 4 atom stereocenters. The van der Waals surface area contributed by atoms with Gasteiger partial charge in [-0.15, -0.1) is 4.81 Å². The van der Waals surface area contributed by atoms with E-state index in [4.69, 9.17) is 4.84 Å². The zero-order chi connectivity index (χ0) is 12.0. The van der Waals surface area contributed by atoms with Crippen LogP contribution in [0.3, 0.4) is 0 Å². The van der Waals surface area contributed by atoms with Crippen LogP contribution in [-0.2, 0) is 14.4 Å². The zero-order valence-electron chi connectivity index (χ0n) is 9.76. The molecule has 3 rings (SSSR count). The van der Waals surface area contributed by atoms with Crippen LogP contribution in [0, 0.1) is 23.0 Å². The molecule has 0 aromatic heterocycles. The molecule has 2 aliphatic carbocycles. The predicted octanol–water partition coefficient (Wildman–Crippen LogP) is 1.52. The van der Waals surface area contributed by atoms with Crippen LogP contribution < -0.4 is 0 Å². The number of rotatable bonds is 2. The third-order valence-electron chi connectivity index (χ3n) is 4.50. The highest BCUT2D eigenvalue weighted by molar-refractivity contribution is 5.75. The van der Waals surface area contributed by atoms with Crippen molar-refractivity contribution in [3.63, 3.8) is 0 Å². The highest BCUT2D eigenvalue weighted by Gasteiger charge is 2.47. The third-order valence-corrected chi connectivity index (χ3v) is 4.50. The van der Waals surface area contributed by atoms with Crippen LogP contribution in [0.15, 0.2) is 0 Å². The Kier molecular flexibility index (Phi) is 2.48. The number of quaternary nitrogens is 1. The summed E-state index contributed by atoms with van der Waals surface area (Å²) in [5.41, 5.74) is 0. The van der Waals surface area contributed by atoms with Crippen LogP contribution in [0.2, 0.25) is 0 Å². The number of hydrogen-bond acceptors (Lipinski definition) is 4. The van der Waals surface area contributed by atoms with Gasteiger partial charge in [-0.1, -0.05) is 6.42 Å². The average Bonchev–Trinajstić information content (AvgIpc) is 2.96. The second kappa shape index (κ2) is 3.78. The maximum atomic E-state index is 12.0. The van der Waals surface area contributed by atoms with Gasteiger partial charge < -0.3 is 5.21 Å². The second-order valence-electron chi connectivity index (χ2n) is 5.59. The fourth-order valence-electron chi connectivity index (χ4n) is 3.58. The van der Waals surface area contributed by atoms with Crippen LogP contribution in [-0.4, -0.2) is 23.2 Å². The fourth-order valence-corrected chi connectivity index (χ4v) is 3.58. The Hall–Kier alpha value is -0.940. The van der Waals surface area contributed by atoms with Crippen molar-refractivity contribution in [2.75, 3.05) is 6.54 Å². The van der Waals surface area contributed by atoms with E-state index in [2.05, 4.69) is 0 Å². The summed E-state index contributed by atoms with van der Waals surface area (Å²) in [7, 11) is 0. The van der Waals surface area contributed by atoms with Gasteiger partial charge >= 0.3 is 11.9 Å². The first-order chi connectivity index (χ1) is 8.08. The van der Waals surface area contributed by atoms with Crippen LogP contribution in [0.25, 0.3) is 0 Å². The van der Waals surface area contributed by atoms with Crippen molar-refractivity contribution in [2.45, 2.75) is 38.5 Å². The Morgan fingerprint density at radius 2 is 2.18 bits per heavy atom. The van der Waals surface area contributed by atoms with Gasteiger partial charge in [0, 0.05) is 6.42 Å². The van der Waals surface area contributed by atoms with Crippen LogP contribution in [0.5, 0.6) is 0 Å². The van der Waals surface area contributed by atoms with Crippen molar-refractivity contribution in [2.24, 2.45) is 17.8 Å². The molecule has 17 heavy (non-hydrogen) atoms. The average molecular weight is 239 g/mol. The Balaban J connectivity index is 1.66. The van der Waals surface area contributed by atoms with Crippen LogP contribution in [0.1, 0.15) is 38.5 Å². The molecule has 0 aromatic rings. The van der Waals surface area contributed by atoms with Crippen molar-refractivity contribution in [1.82, 2.24) is 0 Å². The molecule has 0 aromatic carbocycles. The summed E-state index contributed by atoms with van der Waals surface area (Å²) in [5.74, 6) is -0.0706. The maximum Gasteiger partial charge on any atom is 0.371 e. The minimum Gasteiger partial charge on any atom is -0.582 e. The lowest BCUT2D eigenvalue weighted by Gasteiger charge is -2.32. The van der Waals surface area contributed by atoms with E-state index in [0.717, 1.165) is 19.3 Å². The van der Waals surface area contributed by atoms with Crippen molar-refractivity contribution in [3.05, 3.63) is 5.21 Å². The van der Waals surface area contributed by atoms with Gasteiger partial charge in [0.2, 0.25) is 0 Å². The minimum absolute atomic E-state index is 0.0887. The lowest BCUT2D eigenvalue weighted by atomic mass is 9.89. The monoisotopic (exact) mass is 239 g/mol. The molecule has 5 nitrogen and oxygen atoms in total. The summed E-state index contributed by atoms with van der Waals surface area (Å²) in [6, 6.07) is 0. The number of carbonyl (C=O) groups is 2. The van der Waals surface area contributed by atoms with E-state index >= 15 is 0 Å². The van der Waals surface area contributed by atoms with Crippen LogP contribution in [0.4, 0.5) is 0 Å². The van der Waals surface area contributed by atoms with Gasteiger partial charge in [0.15, 0.2) is 0 Å². The SMILES string of the molecule is O=C(O[N+]1([O-])CCCC1=O)C1CC2CCC1C2. The lowest BCUT2D eigenvalue weighted by Crippen LogP contribution is -2.46. The van der Waals surface area contributed by atoms with E-state index in [9.17, 15) is 14.8 Å². The second-order valence-corrected chi connectivity index (χ2v) is 5.59. The van der Waals surface area contributed by atoms with E-state index in [0.29, 0.717) is 18.3 Å². The Morgan fingerprint density at radius 1 is 1.35 bits per heavy atom. The van der Waals surface area contributed by atoms with Gasteiger partial charge in [-0.2, -0.15) is 0 Å². The van der Waals surface area contributed by atoms with Gasteiger partial charge in [-0.25, -0.2) is 9.59 Å². The lowest BCUT2D eigenvalue weighted by molar-refractivity contribution is -0.980. The number of nitrogens with zero attached hydrogens (tertiary/aromatic N) is 1. The highest BCUT2D eigenvalue weighted by atomic mass is 16.9. The zero-order valence-corrected chi connectivity index (χ0v) is 9.76. The van der Waals surface area contributed by atoms with Crippen molar-refractivity contribution < 1.29 is 19.2 Å². The third kappa shape index (κ3) is 1.77. The van der Waals surface area contributed by atoms with Gasteiger partial charge in [0.25, 0.3) is 0 Å². The molecule has 1 saturated heterocycles. The molecule has 5 heteroatoms. The van der Waals surface area contributed by atoms with Gasteiger partial charge in [-0.05, 0) is 31.1 Å². The molecule has 0 spiro atoms. The van der Waals surface area contributed by atoms with E-state index in [-0.39, 0.29) is 18.9 Å². The molecular formula is C12H17NO4. The van der Waals surface area contributed by atoms with E-state index in [1.165, 1.54) is 6.42 Å². The van der Waals surface area contributed by atoms with Crippen LogP contribution >= 0.6 is 0 Å². The number of fused-ring (bicyclic) bond motifs is 2. The molecule has 4 unspecified atom stereocenters. The molecule has 3 fully saturated rings. The highest BCUT2D eigenvalue weighted by Crippen LogP contribution is 2.49. The minimum atomic E-state index is -1.37. The molecule has 1 heterocycles. The van der Waals surface area contributed by atoms with Crippen molar-refractivity contribution >= 4 is 11.9 Å². The van der Waals surface area contributed by atoms with E-state index in [1.54, 1.807) is 0 Å². The molecule has 3 aliphatic rings. The first-order valence-electron chi connectivity index (χ1n) is 6.44. The van der Waals surface area contributed by atoms with Gasteiger partial charge in [0.05, 0.1) is 12.3 Å². The van der Waals surface area contributed by atoms with Crippen molar-refractivity contribution in [1.29, 1.82) is 0 Å². The molecule has 94 valence electrons. The molecule has 1 aliphatic heterocycles. The Bertz CT molecular complexity index is 370. The maximum absolute atomic E-state index is 12.0. The Morgan fingerprint density at radius 3 is 2.71 bits per heavy atom. The quantitative estimate of drug-likeness (QED) is 0.541. The number of hydroxylamine groups is 4. The number of hydrogen-bond donors (Lipinski definition) is 0. The molecule has 1 amide bonds. The first kappa shape index (κ1) is 11.2. The summed E-state index contributed by atoms with van der Waals surface area (Å²) < 4.78 is 0. The molecule has 2 saturated carbocycles. The topological polar surface area (TPSA) is 66.4 Å². The summed E-state index contributed by atoms with van der Waals surface area (Å²) in [6.45, 7) is 0.0887. The van der Waals surface area contributed by atoms with Gasteiger partial charge in [0.1, 0.15) is 6.54 Å². The first-order valence-corrected chi connectivity index (χ1v) is 6.44. The fraction of sp³-hybridized carbons (Fsp3) is 0.833. The largest absolute Gasteiger partial charge is 0.582 e. The summed E-state index contributed by atoms with van der Waals surface area (Å²) >= 11 is 0. The number of amides is 1. The summed E-state index contributed by atoms with van der Waals surface area (Å²) in [4.78, 5) is 26.9. The summed E-state index contributed by atoms with van der Waals surface area (Å²) in [6.07, 6.45) is 4.95. The predicted molar refractivity (Wildman–Crippen MR) is 57.8 cm³/mol. The normalized spacial score (nSPS) is 44.3. The molecule has 0 radical (unpaired) electrons. The molecule has 2 bridgehead atoms.